The van der Waals surface area contributed by atoms with Gasteiger partial charge in [-0.25, -0.2) is 9.79 Å². The van der Waals surface area contributed by atoms with Crippen LogP contribution in [0.2, 0.25) is 0 Å². The molecule has 0 bridgehead atoms. The van der Waals surface area contributed by atoms with E-state index in [-0.39, 0.29) is 0 Å². The first-order valence-electron chi connectivity index (χ1n) is 10.2. The SMILES string of the molecule is COC(=O)/N=C(SC)/C(=N\c1ccc(-c2noc(C)n2)cc1)c1cc(OC)c2c(c1)OCCO2. The molecule has 10 nitrogen and oxygen atoms in total. The molecule has 0 saturated heterocycles. The van der Waals surface area contributed by atoms with E-state index in [0.717, 1.165) is 5.56 Å². The number of methoxy groups -OCH3 is 2. The molecule has 0 atom stereocenters. The van der Waals surface area contributed by atoms with Crippen molar-refractivity contribution in [3.05, 3.63) is 47.9 Å². The van der Waals surface area contributed by atoms with Gasteiger partial charge in [0.2, 0.25) is 17.5 Å². The molecular formula is C23H22N4O6S. The largest absolute Gasteiger partial charge is 0.493 e. The van der Waals surface area contributed by atoms with E-state index in [9.17, 15) is 4.79 Å². The van der Waals surface area contributed by atoms with Gasteiger partial charge in [-0.15, -0.1) is 11.8 Å². The van der Waals surface area contributed by atoms with Gasteiger partial charge < -0.3 is 23.5 Å². The number of aliphatic imine (C=N–C) groups is 2. The van der Waals surface area contributed by atoms with Gasteiger partial charge in [0.1, 0.15) is 24.0 Å². The topological polar surface area (TPSA) is 118 Å². The van der Waals surface area contributed by atoms with Crippen LogP contribution in [-0.4, -0.2) is 60.7 Å². The first kappa shape index (κ1) is 23.3. The van der Waals surface area contributed by atoms with Gasteiger partial charge in [-0.2, -0.15) is 9.98 Å². The first-order chi connectivity index (χ1) is 16.5. The van der Waals surface area contributed by atoms with Crippen molar-refractivity contribution in [2.45, 2.75) is 6.92 Å². The molecule has 176 valence electrons. The van der Waals surface area contributed by atoms with Crippen LogP contribution in [0, 0.1) is 6.92 Å². The van der Waals surface area contributed by atoms with E-state index in [1.54, 1.807) is 32.4 Å². The van der Waals surface area contributed by atoms with Crippen LogP contribution in [0.1, 0.15) is 11.5 Å². The van der Waals surface area contributed by atoms with Gasteiger partial charge in [-0.1, -0.05) is 5.16 Å². The van der Waals surface area contributed by atoms with Crippen LogP contribution in [0.5, 0.6) is 17.2 Å². The van der Waals surface area contributed by atoms with Crippen molar-refractivity contribution in [1.82, 2.24) is 10.1 Å². The minimum Gasteiger partial charge on any atom is -0.493 e. The van der Waals surface area contributed by atoms with E-state index in [0.29, 0.717) is 64.2 Å². The smallest absolute Gasteiger partial charge is 0.434 e. The van der Waals surface area contributed by atoms with Gasteiger partial charge in [-0.05, 0) is 42.7 Å². The third-order valence-corrected chi connectivity index (χ3v) is 5.43. The molecule has 0 fully saturated rings. The number of amides is 1. The van der Waals surface area contributed by atoms with Crippen molar-refractivity contribution >= 4 is 34.3 Å². The Morgan fingerprint density at radius 3 is 2.53 bits per heavy atom. The number of carbonyl (C=O) groups excluding carboxylic acids is 1. The molecule has 0 spiro atoms. The van der Waals surface area contributed by atoms with Gasteiger partial charge in [0.25, 0.3) is 0 Å². The summed E-state index contributed by atoms with van der Waals surface area (Å²) in [4.78, 5) is 25.1. The third-order valence-electron chi connectivity index (χ3n) is 4.76. The predicted molar refractivity (Wildman–Crippen MR) is 128 cm³/mol. The van der Waals surface area contributed by atoms with E-state index in [2.05, 4.69) is 15.1 Å². The van der Waals surface area contributed by atoms with Gasteiger partial charge in [-0.3, -0.25) is 0 Å². The molecule has 0 unspecified atom stereocenters. The fourth-order valence-corrected chi connectivity index (χ4v) is 3.72. The van der Waals surface area contributed by atoms with Crippen molar-refractivity contribution in [2.75, 3.05) is 33.7 Å². The molecule has 2 aromatic carbocycles. The van der Waals surface area contributed by atoms with E-state index >= 15 is 0 Å². The van der Waals surface area contributed by atoms with Crippen molar-refractivity contribution in [3.8, 4) is 28.6 Å². The van der Waals surface area contributed by atoms with Crippen LogP contribution in [-0.2, 0) is 4.74 Å². The lowest BCUT2D eigenvalue weighted by atomic mass is 10.1. The number of aryl methyl sites for hydroxylation is 1. The Kier molecular flexibility index (Phi) is 7.12. The molecule has 1 aromatic heterocycles. The van der Waals surface area contributed by atoms with Crippen molar-refractivity contribution in [2.24, 2.45) is 9.98 Å². The number of ether oxygens (including phenoxy) is 4. The molecule has 34 heavy (non-hydrogen) atoms. The quantitative estimate of drug-likeness (QED) is 0.383. The first-order valence-corrected chi connectivity index (χ1v) is 11.4. The Morgan fingerprint density at radius 1 is 1.12 bits per heavy atom. The van der Waals surface area contributed by atoms with Crippen molar-refractivity contribution in [3.63, 3.8) is 0 Å². The maximum absolute atomic E-state index is 12.0. The average molecular weight is 483 g/mol. The number of thioether (sulfide) groups is 1. The number of benzene rings is 2. The summed E-state index contributed by atoms with van der Waals surface area (Å²) in [5, 5.41) is 4.30. The lowest BCUT2D eigenvalue weighted by Crippen LogP contribution is -2.18. The molecule has 1 aliphatic rings. The predicted octanol–water partition coefficient (Wildman–Crippen LogP) is 4.47. The second-order valence-corrected chi connectivity index (χ2v) is 7.73. The highest BCUT2D eigenvalue weighted by atomic mass is 32.2. The number of rotatable bonds is 5. The Morgan fingerprint density at radius 2 is 1.88 bits per heavy atom. The van der Waals surface area contributed by atoms with Crippen LogP contribution < -0.4 is 14.2 Å². The summed E-state index contributed by atoms with van der Waals surface area (Å²) in [6.45, 7) is 2.57. The Bertz CT molecular complexity index is 1240. The summed E-state index contributed by atoms with van der Waals surface area (Å²) in [6.07, 6.45) is 1.07. The van der Waals surface area contributed by atoms with E-state index in [4.69, 9.17) is 28.5 Å². The zero-order valence-corrected chi connectivity index (χ0v) is 19.8. The van der Waals surface area contributed by atoms with Crippen LogP contribution in [0.25, 0.3) is 11.4 Å². The number of fused-ring (bicyclic) bond motifs is 1. The number of nitrogens with zero attached hydrogens (tertiary/aromatic N) is 4. The van der Waals surface area contributed by atoms with Gasteiger partial charge in [0.15, 0.2) is 11.5 Å². The fourth-order valence-electron chi connectivity index (χ4n) is 3.20. The highest BCUT2D eigenvalue weighted by Gasteiger charge is 2.23. The fraction of sp³-hybridized carbons (Fsp3) is 0.261. The molecular weight excluding hydrogens is 460 g/mol. The molecule has 0 N–H and O–H groups in total. The molecule has 1 aliphatic heterocycles. The summed E-state index contributed by atoms with van der Waals surface area (Å²) in [5.41, 5.74) is 2.48. The summed E-state index contributed by atoms with van der Waals surface area (Å²) in [5.74, 6) is 2.50. The van der Waals surface area contributed by atoms with Crippen molar-refractivity contribution < 1.29 is 28.3 Å². The summed E-state index contributed by atoms with van der Waals surface area (Å²) >= 11 is 1.26. The zero-order chi connectivity index (χ0) is 24.1. The van der Waals surface area contributed by atoms with Crippen LogP contribution in [0.15, 0.2) is 50.9 Å². The van der Waals surface area contributed by atoms with Crippen LogP contribution in [0.4, 0.5) is 10.5 Å². The molecule has 0 saturated carbocycles. The summed E-state index contributed by atoms with van der Waals surface area (Å²) in [7, 11) is 2.82. The van der Waals surface area contributed by atoms with Crippen LogP contribution in [0.3, 0.4) is 0 Å². The lowest BCUT2D eigenvalue weighted by molar-refractivity contribution is 0.165. The summed E-state index contributed by atoms with van der Waals surface area (Å²) < 4.78 is 26.8. The molecule has 0 aliphatic carbocycles. The number of carbonyl (C=O) groups is 1. The molecule has 11 heteroatoms. The summed E-state index contributed by atoms with van der Waals surface area (Å²) in [6, 6.07) is 10.8. The second-order valence-electron chi connectivity index (χ2n) is 6.94. The number of hydrogen-bond donors (Lipinski definition) is 0. The normalized spacial score (nSPS) is 13.5. The average Bonchev–Trinajstić information content (AvgIpc) is 3.31. The van der Waals surface area contributed by atoms with E-state index < -0.39 is 6.09 Å². The van der Waals surface area contributed by atoms with Gasteiger partial charge in [0.05, 0.1) is 19.9 Å². The standard InChI is InChI=1S/C23H22N4O6S/c1-13-24-21(27-33-13)14-5-7-16(8-6-14)25-19(22(34-4)26-23(28)30-3)15-11-17(29-2)20-18(12-15)31-9-10-32-20/h5-8,11-12H,9-10H2,1-4H3/b25-19-,26-22-. The Balaban J connectivity index is 1.81. The van der Waals surface area contributed by atoms with Gasteiger partial charge >= 0.3 is 6.09 Å². The van der Waals surface area contributed by atoms with E-state index in [1.165, 1.54) is 18.9 Å². The Labute approximate surface area is 200 Å². The maximum atomic E-state index is 12.0. The Hall–Kier alpha value is -3.86. The molecule has 1 amide bonds. The van der Waals surface area contributed by atoms with Crippen molar-refractivity contribution in [1.29, 1.82) is 0 Å². The number of hydrogen-bond acceptors (Lipinski definition) is 10. The van der Waals surface area contributed by atoms with Gasteiger partial charge in [0, 0.05) is 18.1 Å². The molecule has 2 heterocycles. The molecule has 3 aromatic rings. The molecule has 4 rings (SSSR count). The highest BCUT2D eigenvalue weighted by Crippen LogP contribution is 2.41. The highest BCUT2D eigenvalue weighted by molar-refractivity contribution is 8.15. The maximum Gasteiger partial charge on any atom is 0.434 e. The lowest BCUT2D eigenvalue weighted by Gasteiger charge is -2.22. The second kappa shape index (κ2) is 10.4. The molecule has 0 radical (unpaired) electrons. The minimum absolute atomic E-state index is 0.364. The third kappa shape index (κ3) is 5.04. The monoisotopic (exact) mass is 482 g/mol. The van der Waals surface area contributed by atoms with E-state index in [1.807, 2.05) is 24.3 Å². The number of aromatic nitrogens is 2. The van der Waals surface area contributed by atoms with Crippen LogP contribution >= 0.6 is 11.8 Å². The minimum atomic E-state index is -0.732. The zero-order valence-electron chi connectivity index (χ0n) is 19.0.